The van der Waals surface area contributed by atoms with E-state index in [0.717, 1.165) is 45.6 Å². The molecule has 1 fully saturated rings. The second-order valence-corrected chi connectivity index (χ2v) is 7.57. The zero-order valence-corrected chi connectivity index (χ0v) is 15.6. The van der Waals surface area contributed by atoms with Gasteiger partial charge in [0.25, 0.3) is 5.91 Å². The van der Waals surface area contributed by atoms with Crippen LogP contribution in [0.4, 0.5) is 5.69 Å². The third-order valence-electron chi connectivity index (χ3n) is 4.94. The Morgan fingerprint density at radius 3 is 2.46 bits per heavy atom. The van der Waals surface area contributed by atoms with Crippen LogP contribution in [0.25, 0.3) is 11.3 Å². The van der Waals surface area contributed by atoms with Crippen molar-refractivity contribution in [3.05, 3.63) is 76.5 Å². The molecule has 0 unspecified atom stereocenters. The molecular weight excluding hydrogens is 392 g/mol. The molecule has 5 rings (SSSR count). The van der Waals surface area contributed by atoms with Crippen molar-refractivity contribution in [3.63, 3.8) is 0 Å². The van der Waals surface area contributed by atoms with Crippen molar-refractivity contribution in [2.24, 2.45) is 0 Å². The van der Waals surface area contributed by atoms with E-state index in [4.69, 9.17) is 4.42 Å². The van der Waals surface area contributed by atoms with Crippen LogP contribution >= 0.6 is 15.9 Å². The zero-order chi connectivity index (χ0) is 17.7. The topological polar surface area (TPSA) is 45.5 Å². The van der Waals surface area contributed by atoms with Crippen molar-refractivity contribution in [2.45, 2.75) is 25.0 Å². The molecule has 0 saturated heterocycles. The van der Waals surface area contributed by atoms with E-state index < -0.39 is 0 Å². The van der Waals surface area contributed by atoms with Gasteiger partial charge in [-0.15, -0.1) is 0 Å². The molecule has 0 bridgehead atoms. The Morgan fingerprint density at radius 1 is 0.962 bits per heavy atom. The number of amides is 1. The summed E-state index contributed by atoms with van der Waals surface area (Å²) in [5.74, 6) is 1.62. The third kappa shape index (κ3) is 2.54. The van der Waals surface area contributed by atoms with Gasteiger partial charge in [0, 0.05) is 21.8 Å². The number of benzene rings is 2. The van der Waals surface area contributed by atoms with E-state index in [2.05, 4.69) is 21.2 Å². The van der Waals surface area contributed by atoms with Crippen LogP contribution in [0.5, 0.6) is 0 Å². The Balaban J connectivity index is 1.55. The van der Waals surface area contributed by atoms with Crippen molar-refractivity contribution in [1.29, 1.82) is 0 Å². The lowest BCUT2D eigenvalue weighted by Crippen LogP contribution is -2.44. The number of halogens is 1. The number of nitrogens with one attached hydrogen (secondary N) is 1. The van der Waals surface area contributed by atoms with E-state index in [1.165, 1.54) is 0 Å². The number of hydrogen-bond acceptors (Lipinski definition) is 3. The van der Waals surface area contributed by atoms with Crippen LogP contribution in [0.3, 0.4) is 0 Å². The van der Waals surface area contributed by atoms with Gasteiger partial charge in [0.1, 0.15) is 11.5 Å². The average Bonchev–Trinajstić information content (AvgIpc) is 3.38. The second-order valence-electron chi connectivity index (χ2n) is 6.72. The number of fused-ring (bicyclic) bond motifs is 1. The number of carbonyl (C=O) groups is 1. The molecule has 130 valence electrons. The number of hydrogen-bond donors (Lipinski definition) is 1. The molecule has 0 radical (unpaired) electrons. The Kier molecular flexibility index (Phi) is 3.64. The lowest BCUT2D eigenvalue weighted by atomic mass is 10.1. The molecule has 1 atom stereocenters. The van der Waals surface area contributed by atoms with E-state index in [1.54, 1.807) is 0 Å². The molecule has 5 heteroatoms. The van der Waals surface area contributed by atoms with Crippen LogP contribution in [-0.2, 0) is 0 Å². The van der Waals surface area contributed by atoms with Gasteiger partial charge in [0.2, 0.25) is 0 Å². The van der Waals surface area contributed by atoms with Gasteiger partial charge in [-0.1, -0.05) is 46.3 Å². The molecule has 2 aromatic carbocycles. The SMILES string of the molecule is O=C1c2ccccc2N[C@@H](c2ccc(-c3ccccc3Br)o2)N1C1CC1. The van der Waals surface area contributed by atoms with Crippen molar-refractivity contribution in [2.75, 3.05) is 5.32 Å². The van der Waals surface area contributed by atoms with Crippen molar-refractivity contribution in [1.82, 2.24) is 4.90 Å². The monoisotopic (exact) mass is 408 g/mol. The Morgan fingerprint density at radius 2 is 1.69 bits per heavy atom. The fourth-order valence-electron chi connectivity index (χ4n) is 3.51. The van der Waals surface area contributed by atoms with E-state index in [9.17, 15) is 4.79 Å². The van der Waals surface area contributed by atoms with Gasteiger partial charge in [-0.25, -0.2) is 0 Å². The van der Waals surface area contributed by atoms with Gasteiger partial charge < -0.3 is 14.6 Å². The minimum absolute atomic E-state index is 0.0747. The highest BCUT2D eigenvalue weighted by molar-refractivity contribution is 9.10. The first-order valence-electron chi connectivity index (χ1n) is 8.75. The maximum Gasteiger partial charge on any atom is 0.258 e. The summed E-state index contributed by atoms with van der Waals surface area (Å²) in [6, 6.07) is 19.8. The Labute approximate surface area is 159 Å². The lowest BCUT2D eigenvalue weighted by molar-refractivity contribution is 0.0646. The molecule has 3 aromatic rings. The maximum atomic E-state index is 13.0. The van der Waals surface area contributed by atoms with Gasteiger partial charge in [0.15, 0.2) is 6.17 Å². The van der Waals surface area contributed by atoms with Crippen LogP contribution in [0, 0.1) is 0 Å². The molecule has 4 nitrogen and oxygen atoms in total. The minimum Gasteiger partial charge on any atom is -0.457 e. The van der Waals surface area contributed by atoms with Gasteiger partial charge in [-0.2, -0.15) is 0 Å². The summed E-state index contributed by atoms with van der Waals surface area (Å²) in [7, 11) is 0. The van der Waals surface area contributed by atoms with Gasteiger partial charge >= 0.3 is 0 Å². The van der Waals surface area contributed by atoms with Crippen LogP contribution in [0.15, 0.2) is 69.6 Å². The van der Waals surface area contributed by atoms with Crippen LogP contribution in [-0.4, -0.2) is 16.8 Å². The van der Waals surface area contributed by atoms with Crippen molar-refractivity contribution in [3.8, 4) is 11.3 Å². The molecule has 1 saturated carbocycles. The van der Waals surface area contributed by atoms with Crippen LogP contribution in [0.1, 0.15) is 35.1 Å². The summed E-state index contributed by atoms with van der Waals surface area (Å²) in [5.41, 5.74) is 2.59. The highest BCUT2D eigenvalue weighted by atomic mass is 79.9. The highest BCUT2D eigenvalue weighted by Crippen LogP contribution is 2.42. The first kappa shape index (κ1) is 15.7. The molecule has 0 spiro atoms. The van der Waals surface area contributed by atoms with Crippen LogP contribution < -0.4 is 5.32 Å². The smallest absolute Gasteiger partial charge is 0.258 e. The van der Waals surface area contributed by atoms with Crippen LogP contribution in [0.2, 0.25) is 0 Å². The normalized spacial score (nSPS) is 19.2. The summed E-state index contributed by atoms with van der Waals surface area (Å²) in [6.07, 6.45) is 1.81. The molecule has 1 aliphatic carbocycles. The van der Waals surface area contributed by atoms with E-state index >= 15 is 0 Å². The van der Waals surface area contributed by atoms with E-state index in [-0.39, 0.29) is 18.1 Å². The lowest BCUT2D eigenvalue weighted by Gasteiger charge is -2.37. The molecule has 1 aromatic heterocycles. The predicted octanol–water partition coefficient (Wildman–Crippen LogP) is 5.44. The molecule has 1 aliphatic heterocycles. The van der Waals surface area contributed by atoms with Crippen molar-refractivity contribution < 1.29 is 9.21 Å². The molecule has 2 heterocycles. The Hall–Kier alpha value is -2.53. The predicted molar refractivity (Wildman–Crippen MR) is 104 cm³/mol. The van der Waals surface area contributed by atoms with Gasteiger partial charge in [0.05, 0.1) is 5.56 Å². The maximum absolute atomic E-state index is 13.0. The first-order valence-corrected chi connectivity index (χ1v) is 9.54. The highest BCUT2D eigenvalue weighted by Gasteiger charge is 2.43. The summed E-state index contributed by atoms with van der Waals surface area (Å²) >= 11 is 3.57. The second kappa shape index (κ2) is 6.02. The minimum atomic E-state index is -0.277. The number of anilines is 1. The fraction of sp³-hybridized carbons (Fsp3) is 0.190. The van der Waals surface area contributed by atoms with Gasteiger partial charge in [-0.05, 0) is 43.2 Å². The number of rotatable bonds is 3. The number of nitrogens with zero attached hydrogens (tertiary/aromatic N) is 1. The van der Waals surface area contributed by atoms with Crippen molar-refractivity contribution >= 4 is 27.5 Å². The quantitative estimate of drug-likeness (QED) is 0.627. The molecule has 2 aliphatic rings. The summed E-state index contributed by atoms with van der Waals surface area (Å²) in [6.45, 7) is 0. The average molecular weight is 409 g/mol. The summed E-state index contributed by atoms with van der Waals surface area (Å²) in [4.78, 5) is 15.0. The summed E-state index contributed by atoms with van der Waals surface area (Å²) in [5, 5.41) is 3.49. The fourth-order valence-corrected chi connectivity index (χ4v) is 3.99. The number of furan rings is 1. The van der Waals surface area contributed by atoms with Gasteiger partial charge in [-0.3, -0.25) is 4.79 Å². The first-order chi connectivity index (χ1) is 12.7. The molecule has 1 amide bonds. The molecular formula is C21H17BrN2O2. The Bertz CT molecular complexity index is 993. The summed E-state index contributed by atoms with van der Waals surface area (Å²) < 4.78 is 7.16. The third-order valence-corrected chi connectivity index (χ3v) is 5.63. The molecule has 26 heavy (non-hydrogen) atoms. The van der Waals surface area contributed by atoms with E-state index in [1.807, 2.05) is 65.6 Å². The van der Waals surface area contributed by atoms with E-state index in [0.29, 0.717) is 0 Å². The standard InChI is InChI=1S/C21H17BrN2O2/c22-16-7-3-1-5-14(16)18-11-12-19(26-18)20-23-17-8-4-2-6-15(17)21(25)24(20)13-9-10-13/h1-8,11-13,20,23H,9-10H2/t20-/m1/s1. The zero-order valence-electron chi connectivity index (χ0n) is 14.0. The molecule has 1 N–H and O–H groups in total. The number of carbonyl (C=O) groups excluding carboxylic acids is 1. The number of para-hydroxylation sites is 1. The largest absolute Gasteiger partial charge is 0.457 e.